The van der Waals surface area contributed by atoms with E-state index in [1.54, 1.807) is 13.0 Å². The SMILES string of the molecule is Cc1ccc(-c2csc(NC(=O)C3Nc4ccc(F)cc4S3)c2C(=O)O)c(F)c1. The van der Waals surface area contributed by atoms with E-state index in [0.29, 0.717) is 16.1 Å². The minimum Gasteiger partial charge on any atom is -0.478 e. The Bertz CT molecular complexity index is 1150. The first-order valence-electron chi connectivity index (χ1n) is 8.48. The number of benzene rings is 2. The lowest BCUT2D eigenvalue weighted by Gasteiger charge is -2.11. The third-order valence-corrected chi connectivity index (χ3v) is 6.42. The fourth-order valence-electron chi connectivity index (χ4n) is 3.01. The summed E-state index contributed by atoms with van der Waals surface area (Å²) in [6, 6.07) is 8.69. The molecule has 1 aliphatic rings. The van der Waals surface area contributed by atoms with E-state index in [1.807, 2.05) is 0 Å². The van der Waals surface area contributed by atoms with Crippen molar-refractivity contribution < 1.29 is 23.5 Å². The van der Waals surface area contributed by atoms with Crippen LogP contribution >= 0.6 is 23.1 Å². The molecule has 3 N–H and O–H groups in total. The molecule has 1 atom stereocenters. The van der Waals surface area contributed by atoms with Crippen LogP contribution in [0.1, 0.15) is 15.9 Å². The zero-order chi connectivity index (χ0) is 20.7. The van der Waals surface area contributed by atoms with E-state index in [-0.39, 0.29) is 21.7 Å². The second-order valence-electron chi connectivity index (χ2n) is 6.41. The third kappa shape index (κ3) is 3.70. The molecular formula is C20H14F2N2O3S2. The Balaban J connectivity index is 1.60. The topological polar surface area (TPSA) is 78.4 Å². The average Bonchev–Trinajstić information content (AvgIpc) is 3.25. The van der Waals surface area contributed by atoms with Crippen LogP contribution in [0, 0.1) is 18.6 Å². The Kier molecular flexibility index (Phi) is 5.01. The van der Waals surface area contributed by atoms with Crippen molar-refractivity contribution in [3.8, 4) is 11.1 Å². The fourth-order valence-corrected chi connectivity index (χ4v) is 5.00. The molecule has 1 aliphatic heterocycles. The van der Waals surface area contributed by atoms with E-state index in [2.05, 4.69) is 10.6 Å². The van der Waals surface area contributed by atoms with Crippen molar-refractivity contribution in [3.63, 3.8) is 0 Å². The lowest BCUT2D eigenvalue weighted by molar-refractivity contribution is -0.115. The number of carboxylic acids is 1. The molecule has 2 aromatic carbocycles. The van der Waals surface area contributed by atoms with Crippen LogP contribution < -0.4 is 10.6 Å². The number of amides is 1. The summed E-state index contributed by atoms with van der Waals surface area (Å²) >= 11 is 2.14. The Morgan fingerprint density at radius 2 is 1.93 bits per heavy atom. The number of anilines is 2. The molecule has 0 radical (unpaired) electrons. The molecule has 4 rings (SSSR count). The highest BCUT2D eigenvalue weighted by molar-refractivity contribution is 8.01. The molecule has 148 valence electrons. The van der Waals surface area contributed by atoms with Crippen LogP contribution in [0.5, 0.6) is 0 Å². The molecule has 3 aromatic rings. The van der Waals surface area contributed by atoms with Gasteiger partial charge in [0, 0.05) is 27.1 Å². The third-order valence-electron chi connectivity index (χ3n) is 4.37. The van der Waals surface area contributed by atoms with Gasteiger partial charge >= 0.3 is 5.97 Å². The maximum absolute atomic E-state index is 14.4. The van der Waals surface area contributed by atoms with Crippen LogP contribution in [-0.4, -0.2) is 22.4 Å². The predicted octanol–water partition coefficient (Wildman–Crippen LogP) is 5.18. The van der Waals surface area contributed by atoms with Crippen LogP contribution in [0.15, 0.2) is 46.7 Å². The van der Waals surface area contributed by atoms with Crippen molar-refractivity contribution in [2.24, 2.45) is 0 Å². The quantitative estimate of drug-likeness (QED) is 0.529. The fraction of sp³-hybridized carbons (Fsp3) is 0.100. The van der Waals surface area contributed by atoms with Gasteiger partial charge in [0.05, 0.1) is 0 Å². The van der Waals surface area contributed by atoms with Crippen LogP contribution in [0.25, 0.3) is 11.1 Å². The summed E-state index contributed by atoms with van der Waals surface area (Å²) in [5.74, 6) is -2.69. The first-order valence-corrected chi connectivity index (χ1v) is 10.2. The molecule has 0 saturated heterocycles. The maximum atomic E-state index is 14.4. The zero-order valence-corrected chi connectivity index (χ0v) is 16.6. The number of carbonyl (C=O) groups excluding carboxylic acids is 1. The first kappa shape index (κ1) is 19.4. The van der Waals surface area contributed by atoms with Crippen LogP contribution in [-0.2, 0) is 4.79 Å². The van der Waals surface area contributed by atoms with Gasteiger partial charge in [-0.1, -0.05) is 23.9 Å². The van der Waals surface area contributed by atoms with Gasteiger partial charge in [-0.15, -0.1) is 11.3 Å². The Morgan fingerprint density at radius 1 is 1.14 bits per heavy atom. The number of hydrogen-bond donors (Lipinski definition) is 3. The molecule has 0 saturated carbocycles. The summed E-state index contributed by atoms with van der Waals surface area (Å²) in [6.07, 6.45) is 0. The molecule has 0 aliphatic carbocycles. The van der Waals surface area contributed by atoms with Gasteiger partial charge in [0.2, 0.25) is 0 Å². The van der Waals surface area contributed by atoms with Gasteiger partial charge in [0.15, 0.2) is 5.37 Å². The molecule has 1 aromatic heterocycles. The number of nitrogens with one attached hydrogen (secondary N) is 2. The van der Waals surface area contributed by atoms with E-state index >= 15 is 0 Å². The first-order chi connectivity index (χ1) is 13.8. The molecule has 0 spiro atoms. The Hall–Kier alpha value is -2.91. The average molecular weight is 432 g/mol. The van der Waals surface area contributed by atoms with E-state index in [4.69, 9.17) is 0 Å². The summed E-state index contributed by atoms with van der Waals surface area (Å²) in [5.41, 5.74) is 1.53. The van der Waals surface area contributed by atoms with Gasteiger partial charge in [0.1, 0.15) is 22.2 Å². The van der Waals surface area contributed by atoms with Gasteiger partial charge in [-0.05, 0) is 36.8 Å². The highest BCUT2D eigenvalue weighted by Gasteiger charge is 2.30. The van der Waals surface area contributed by atoms with Gasteiger partial charge < -0.3 is 15.7 Å². The van der Waals surface area contributed by atoms with Crippen LogP contribution in [0.3, 0.4) is 0 Å². The minimum atomic E-state index is -1.27. The number of aromatic carboxylic acids is 1. The molecule has 0 fully saturated rings. The van der Waals surface area contributed by atoms with Crippen LogP contribution in [0.2, 0.25) is 0 Å². The van der Waals surface area contributed by atoms with Crippen molar-refractivity contribution in [1.82, 2.24) is 0 Å². The molecule has 5 nitrogen and oxygen atoms in total. The minimum absolute atomic E-state index is 0.113. The number of aryl methyl sites for hydroxylation is 1. The number of hydrogen-bond acceptors (Lipinski definition) is 5. The Labute approximate surface area is 172 Å². The largest absolute Gasteiger partial charge is 0.478 e. The monoisotopic (exact) mass is 432 g/mol. The summed E-state index contributed by atoms with van der Waals surface area (Å²) in [7, 11) is 0. The van der Waals surface area contributed by atoms with Crippen molar-refractivity contribution >= 4 is 45.7 Å². The number of thioether (sulfide) groups is 1. The molecular weight excluding hydrogens is 418 g/mol. The second kappa shape index (κ2) is 7.49. The number of halogens is 2. The van der Waals surface area contributed by atoms with Crippen molar-refractivity contribution in [3.05, 3.63) is 64.5 Å². The van der Waals surface area contributed by atoms with E-state index < -0.39 is 28.9 Å². The van der Waals surface area contributed by atoms with Crippen LogP contribution in [0.4, 0.5) is 19.5 Å². The summed E-state index contributed by atoms with van der Waals surface area (Å²) in [4.78, 5) is 25.1. The highest BCUT2D eigenvalue weighted by atomic mass is 32.2. The molecule has 1 unspecified atom stereocenters. The number of carbonyl (C=O) groups is 2. The lowest BCUT2D eigenvalue weighted by atomic mass is 10.0. The van der Waals surface area contributed by atoms with Gasteiger partial charge in [-0.3, -0.25) is 4.79 Å². The van der Waals surface area contributed by atoms with Gasteiger partial charge in [-0.2, -0.15) is 0 Å². The highest BCUT2D eigenvalue weighted by Crippen LogP contribution is 2.41. The van der Waals surface area contributed by atoms with Gasteiger partial charge in [-0.25, -0.2) is 13.6 Å². The molecule has 9 heteroatoms. The normalized spacial score (nSPS) is 14.9. The summed E-state index contributed by atoms with van der Waals surface area (Å²) < 4.78 is 27.7. The van der Waals surface area contributed by atoms with E-state index in [0.717, 1.165) is 23.1 Å². The molecule has 0 bridgehead atoms. The molecule has 1 amide bonds. The smallest absolute Gasteiger partial charge is 0.339 e. The predicted molar refractivity (Wildman–Crippen MR) is 110 cm³/mol. The number of carboxylic acid groups (broad SMARTS) is 1. The second-order valence-corrected chi connectivity index (χ2v) is 8.44. The number of fused-ring (bicyclic) bond motifs is 1. The lowest BCUT2D eigenvalue weighted by Crippen LogP contribution is -2.29. The van der Waals surface area contributed by atoms with Crippen molar-refractivity contribution in [2.45, 2.75) is 17.2 Å². The van der Waals surface area contributed by atoms with Crippen molar-refractivity contribution in [1.29, 1.82) is 0 Å². The van der Waals surface area contributed by atoms with Crippen molar-refractivity contribution in [2.75, 3.05) is 10.6 Å². The van der Waals surface area contributed by atoms with Gasteiger partial charge in [0.25, 0.3) is 5.91 Å². The zero-order valence-electron chi connectivity index (χ0n) is 15.0. The summed E-state index contributed by atoms with van der Waals surface area (Å²) in [6.45, 7) is 1.74. The van der Waals surface area contributed by atoms with E-state index in [1.165, 1.54) is 35.7 Å². The summed E-state index contributed by atoms with van der Waals surface area (Å²) in [5, 5.41) is 16.1. The standard InChI is InChI=1S/C20H14F2N2O3S2/c1-9-2-4-11(13(22)6-9)12-8-28-18(16(12)20(26)27)24-17(25)19-23-14-5-3-10(21)7-15(14)29-19/h2-8,19,23H,1H3,(H,24,25)(H,26,27). The molecule has 29 heavy (non-hydrogen) atoms. The number of rotatable bonds is 4. The van der Waals surface area contributed by atoms with E-state index in [9.17, 15) is 23.5 Å². The molecule has 2 heterocycles. The Morgan fingerprint density at radius 3 is 2.66 bits per heavy atom. The maximum Gasteiger partial charge on any atom is 0.339 e. The number of thiophene rings is 1.